The minimum absolute atomic E-state index is 0. The number of benzene rings is 3. The fraction of sp³-hybridized carbons (Fsp3) is 0.0500. The van der Waals surface area contributed by atoms with Crippen LogP contribution in [0.5, 0.6) is 5.75 Å². The fourth-order valence-corrected chi connectivity index (χ4v) is 2.81. The Morgan fingerprint density at radius 3 is 1.71 bits per heavy atom. The van der Waals surface area contributed by atoms with Crippen LogP contribution in [0.2, 0.25) is 0 Å². The van der Waals surface area contributed by atoms with E-state index < -0.39 is 5.97 Å². The van der Waals surface area contributed by atoms with Crippen LogP contribution < -0.4 is 0 Å². The van der Waals surface area contributed by atoms with E-state index in [-0.39, 0.29) is 36.7 Å². The molecule has 0 bridgehead atoms. The molecule has 2 N–H and O–H groups in total. The summed E-state index contributed by atoms with van der Waals surface area (Å²) in [7, 11) is 0. The van der Waals surface area contributed by atoms with Gasteiger partial charge in [0.1, 0.15) is 11.3 Å². The van der Waals surface area contributed by atoms with Crippen LogP contribution in [-0.2, 0) is 19.5 Å². The summed E-state index contributed by atoms with van der Waals surface area (Å²) >= 11 is 0. The predicted molar refractivity (Wildman–Crippen MR) is 88.9 cm³/mol. The van der Waals surface area contributed by atoms with Crippen LogP contribution in [0.3, 0.4) is 0 Å². The number of phenols is 1. The Labute approximate surface area is 153 Å². The van der Waals surface area contributed by atoms with Crippen molar-refractivity contribution in [2.75, 3.05) is 0 Å². The maximum Gasteiger partial charge on any atom is 0.339 e. The average Bonchev–Trinajstić information content (AvgIpc) is 2.58. The molecule has 0 heterocycles. The average molecular weight is 370 g/mol. The second-order valence-corrected chi connectivity index (χ2v) is 5.30. The zero-order chi connectivity index (χ0) is 16.2. The zero-order valence-electron chi connectivity index (χ0n) is 13.1. The maximum atomic E-state index is 11.3. The molecular formula is C20H16O3Zn. The number of hydrogen-bond acceptors (Lipinski definition) is 2. The van der Waals surface area contributed by atoms with Gasteiger partial charge in [0.2, 0.25) is 0 Å². The van der Waals surface area contributed by atoms with Gasteiger partial charge in [-0.15, -0.1) is 0 Å². The molecule has 116 valence electrons. The topological polar surface area (TPSA) is 57.5 Å². The first-order chi connectivity index (χ1) is 11.2. The molecule has 0 aromatic heterocycles. The molecule has 0 spiro atoms. The Balaban J connectivity index is 0.00000208. The molecule has 0 saturated heterocycles. The second-order valence-electron chi connectivity index (χ2n) is 5.30. The number of aromatic hydroxyl groups is 1. The van der Waals surface area contributed by atoms with Crippen LogP contribution in [0.15, 0.2) is 78.9 Å². The third-order valence-corrected chi connectivity index (χ3v) is 3.87. The molecule has 0 unspecified atom stereocenters. The smallest absolute Gasteiger partial charge is 0.339 e. The van der Waals surface area contributed by atoms with Crippen LogP contribution in [0, 0.1) is 0 Å². The van der Waals surface area contributed by atoms with Crippen LogP contribution in [0.25, 0.3) is 0 Å². The molecule has 3 nitrogen and oxygen atoms in total. The molecule has 0 aliphatic rings. The van der Waals surface area contributed by atoms with E-state index in [1.165, 1.54) is 6.07 Å². The van der Waals surface area contributed by atoms with Gasteiger partial charge in [0.15, 0.2) is 0 Å². The molecule has 3 aromatic rings. The van der Waals surface area contributed by atoms with E-state index in [1.807, 2.05) is 60.7 Å². The van der Waals surface area contributed by atoms with Crippen molar-refractivity contribution in [2.45, 2.75) is 5.92 Å². The van der Waals surface area contributed by atoms with Crippen molar-refractivity contribution in [3.8, 4) is 5.75 Å². The zero-order valence-corrected chi connectivity index (χ0v) is 16.1. The third-order valence-electron chi connectivity index (χ3n) is 3.87. The van der Waals surface area contributed by atoms with Crippen molar-refractivity contribution < 1.29 is 34.5 Å². The molecule has 0 aliphatic carbocycles. The molecule has 0 radical (unpaired) electrons. The van der Waals surface area contributed by atoms with Crippen LogP contribution in [-0.4, -0.2) is 16.2 Å². The second kappa shape index (κ2) is 7.89. The van der Waals surface area contributed by atoms with Gasteiger partial charge in [0.05, 0.1) is 0 Å². The molecule has 0 atom stereocenters. The van der Waals surface area contributed by atoms with Crippen molar-refractivity contribution in [1.29, 1.82) is 0 Å². The molecular weight excluding hydrogens is 354 g/mol. The largest absolute Gasteiger partial charge is 0.507 e. The Bertz CT molecular complexity index is 777. The molecule has 0 saturated carbocycles. The van der Waals surface area contributed by atoms with Gasteiger partial charge < -0.3 is 10.2 Å². The van der Waals surface area contributed by atoms with Crippen molar-refractivity contribution in [2.24, 2.45) is 0 Å². The molecule has 3 aromatic carbocycles. The number of rotatable bonds is 4. The van der Waals surface area contributed by atoms with Gasteiger partial charge in [0, 0.05) is 31.0 Å². The quantitative estimate of drug-likeness (QED) is 0.533. The van der Waals surface area contributed by atoms with E-state index in [0.717, 1.165) is 11.1 Å². The molecule has 24 heavy (non-hydrogen) atoms. The molecule has 4 heteroatoms. The third kappa shape index (κ3) is 3.55. The monoisotopic (exact) mass is 368 g/mol. The van der Waals surface area contributed by atoms with Gasteiger partial charge in [-0.1, -0.05) is 72.8 Å². The van der Waals surface area contributed by atoms with E-state index in [0.29, 0.717) is 5.56 Å². The van der Waals surface area contributed by atoms with Crippen molar-refractivity contribution >= 4 is 5.97 Å². The number of hydrogen-bond donors (Lipinski definition) is 2. The Morgan fingerprint density at radius 1 is 0.750 bits per heavy atom. The number of carbonyl (C=O) groups is 1. The van der Waals surface area contributed by atoms with E-state index in [2.05, 4.69) is 0 Å². The summed E-state index contributed by atoms with van der Waals surface area (Å²) in [6.45, 7) is 0. The van der Waals surface area contributed by atoms with E-state index in [4.69, 9.17) is 0 Å². The Hall–Kier alpha value is -2.45. The van der Waals surface area contributed by atoms with Gasteiger partial charge in [-0.25, -0.2) is 4.79 Å². The van der Waals surface area contributed by atoms with E-state index in [9.17, 15) is 15.0 Å². The van der Waals surface area contributed by atoms with Crippen LogP contribution >= 0.6 is 0 Å². The van der Waals surface area contributed by atoms with Crippen molar-refractivity contribution in [3.63, 3.8) is 0 Å². The van der Waals surface area contributed by atoms with Gasteiger partial charge in [0.25, 0.3) is 0 Å². The minimum atomic E-state index is -1.13. The van der Waals surface area contributed by atoms with Crippen LogP contribution in [0.4, 0.5) is 0 Å². The SMILES string of the molecule is O=C(O)c1cccc(C(c2ccccc2)c2ccccc2)c1O.[Zn]. The summed E-state index contributed by atoms with van der Waals surface area (Å²) in [6, 6.07) is 24.3. The molecule has 3 rings (SSSR count). The Kier molecular flexibility index (Phi) is 5.89. The summed E-state index contributed by atoms with van der Waals surface area (Å²) in [4.78, 5) is 11.3. The number of para-hydroxylation sites is 1. The molecule has 0 fully saturated rings. The summed E-state index contributed by atoms with van der Waals surface area (Å²) in [5.74, 6) is -1.54. The van der Waals surface area contributed by atoms with Gasteiger partial charge >= 0.3 is 5.97 Å². The van der Waals surface area contributed by atoms with Gasteiger partial charge in [-0.3, -0.25) is 0 Å². The van der Waals surface area contributed by atoms with E-state index in [1.54, 1.807) is 12.1 Å². The van der Waals surface area contributed by atoms with Gasteiger partial charge in [-0.05, 0) is 17.2 Å². The maximum absolute atomic E-state index is 11.3. The number of carboxylic acids is 1. The van der Waals surface area contributed by atoms with Crippen molar-refractivity contribution in [1.82, 2.24) is 0 Å². The summed E-state index contributed by atoms with van der Waals surface area (Å²) < 4.78 is 0. The van der Waals surface area contributed by atoms with E-state index >= 15 is 0 Å². The fourth-order valence-electron chi connectivity index (χ4n) is 2.81. The first kappa shape index (κ1) is 17.9. The van der Waals surface area contributed by atoms with Crippen molar-refractivity contribution in [3.05, 3.63) is 101 Å². The van der Waals surface area contributed by atoms with Crippen LogP contribution in [0.1, 0.15) is 33.0 Å². The predicted octanol–water partition coefficient (Wildman–Crippen LogP) is 4.27. The first-order valence-corrected chi connectivity index (χ1v) is 7.33. The van der Waals surface area contributed by atoms with Gasteiger partial charge in [-0.2, -0.15) is 0 Å². The molecule has 0 aliphatic heterocycles. The standard InChI is InChI=1S/C20H16O3.Zn/c21-19-16(12-7-13-17(19)20(22)23)18(14-8-3-1-4-9-14)15-10-5-2-6-11-15;/h1-13,18,21H,(H,22,23);. The summed E-state index contributed by atoms with van der Waals surface area (Å²) in [5.41, 5.74) is 2.50. The Morgan fingerprint density at radius 2 is 1.25 bits per heavy atom. The summed E-state index contributed by atoms with van der Waals surface area (Å²) in [5, 5.41) is 19.7. The minimum Gasteiger partial charge on any atom is -0.507 e. The molecule has 0 amide bonds. The number of aromatic carboxylic acids is 1. The first-order valence-electron chi connectivity index (χ1n) is 7.33. The summed E-state index contributed by atoms with van der Waals surface area (Å²) in [6.07, 6.45) is 0. The normalized spacial score (nSPS) is 10.2. The number of carboxylic acid groups (broad SMARTS) is 1.